The van der Waals surface area contributed by atoms with Gasteiger partial charge in [0.05, 0.1) is 24.3 Å². The average Bonchev–Trinajstić information content (AvgIpc) is 3.05. The third kappa shape index (κ3) is 3.53. The minimum atomic E-state index is -0.867. The number of phenolic OH excluding ortho intramolecular Hbond substituents is 1. The summed E-state index contributed by atoms with van der Waals surface area (Å²) in [4.78, 5) is 27.6. The number of Topliss-reactive ketones (excluding diaryl/α,β-unsaturated/α-hetero) is 1. The van der Waals surface area contributed by atoms with Crippen LogP contribution in [0.2, 0.25) is 0 Å². The molecule has 1 unspecified atom stereocenters. The smallest absolute Gasteiger partial charge is 0.300 e. The minimum Gasteiger partial charge on any atom is -0.508 e. The van der Waals surface area contributed by atoms with Gasteiger partial charge in [0.25, 0.3) is 11.7 Å². The predicted molar refractivity (Wildman–Crippen MR) is 117 cm³/mol. The van der Waals surface area contributed by atoms with Gasteiger partial charge in [-0.25, -0.2) is 0 Å². The second-order valence-corrected chi connectivity index (χ2v) is 7.30. The minimum absolute atomic E-state index is 0.0410. The number of rotatable bonds is 4. The number of ketones is 1. The summed E-state index contributed by atoms with van der Waals surface area (Å²) in [7, 11) is 1.47. The Morgan fingerprint density at radius 1 is 0.935 bits per heavy atom. The molecule has 1 aliphatic rings. The highest BCUT2D eigenvalue weighted by Gasteiger charge is 2.47. The second kappa shape index (κ2) is 7.99. The molecule has 3 aromatic rings. The summed E-state index contributed by atoms with van der Waals surface area (Å²) < 4.78 is 5.33. The molecule has 1 saturated heterocycles. The zero-order valence-corrected chi connectivity index (χ0v) is 17.1. The molecule has 0 radical (unpaired) electrons. The molecule has 4 rings (SSSR count). The lowest BCUT2D eigenvalue weighted by molar-refractivity contribution is -0.132. The number of benzene rings is 3. The first-order valence-corrected chi connectivity index (χ1v) is 9.72. The van der Waals surface area contributed by atoms with E-state index in [-0.39, 0.29) is 17.1 Å². The molecule has 31 heavy (non-hydrogen) atoms. The summed E-state index contributed by atoms with van der Waals surface area (Å²) >= 11 is 0. The van der Waals surface area contributed by atoms with E-state index in [0.717, 1.165) is 5.56 Å². The van der Waals surface area contributed by atoms with Gasteiger partial charge in [0.15, 0.2) is 0 Å². The van der Waals surface area contributed by atoms with Crippen molar-refractivity contribution >= 4 is 23.1 Å². The van der Waals surface area contributed by atoms with Crippen molar-refractivity contribution < 1.29 is 24.5 Å². The SMILES string of the molecule is COc1ccccc1/C(O)=C1/C(=O)C(=O)N(c2ccc(C)cc2)C1c1ccc(O)cc1. The standard InChI is InChI=1S/C25H21NO5/c1-15-7-11-17(12-8-15)26-22(16-9-13-18(27)14-10-16)21(24(29)25(26)30)23(28)19-5-3-4-6-20(19)31-2/h3-14,22,27-28H,1-2H3/b23-21-. The zero-order valence-electron chi connectivity index (χ0n) is 17.1. The second-order valence-electron chi connectivity index (χ2n) is 7.30. The summed E-state index contributed by atoms with van der Waals surface area (Å²) in [5.41, 5.74) is 2.39. The molecular weight excluding hydrogens is 394 g/mol. The van der Waals surface area contributed by atoms with E-state index in [9.17, 15) is 19.8 Å². The maximum atomic E-state index is 13.1. The molecule has 0 bridgehead atoms. The maximum absolute atomic E-state index is 13.1. The Labute approximate surface area is 179 Å². The van der Waals surface area contributed by atoms with E-state index in [4.69, 9.17) is 4.74 Å². The van der Waals surface area contributed by atoms with Crippen LogP contribution >= 0.6 is 0 Å². The Morgan fingerprint density at radius 3 is 2.23 bits per heavy atom. The maximum Gasteiger partial charge on any atom is 0.300 e. The number of aliphatic hydroxyl groups is 1. The molecule has 1 amide bonds. The number of anilines is 1. The number of para-hydroxylation sites is 1. The fourth-order valence-electron chi connectivity index (χ4n) is 3.76. The first-order chi connectivity index (χ1) is 14.9. The van der Waals surface area contributed by atoms with Crippen LogP contribution in [-0.2, 0) is 9.59 Å². The Morgan fingerprint density at radius 2 is 1.58 bits per heavy atom. The lowest BCUT2D eigenvalue weighted by Gasteiger charge is -2.25. The number of carbonyl (C=O) groups is 2. The normalized spacial score (nSPS) is 17.7. The molecule has 6 nitrogen and oxygen atoms in total. The number of aryl methyl sites for hydroxylation is 1. The summed E-state index contributed by atoms with van der Waals surface area (Å²) in [6.45, 7) is 1.93. The third-order valence-corrected chi connectivity index (χ3v) is 5.33. The van der Waals surface area contributed by atoms with Crippen LogP contribution in [0.4, 0.5) is 5.69 Å². The quantitative estimate of drug-likeness (QED) is 0.376. The fourth-order valence-corrected chi connectivity index (χ4v) is 3.76. The zero-order chi connectivity index (χ0) is 22.1. The van der Waals surface area contributed by atoms with Gasteiger partial charge in [-0.15, -0.1) is 0 Å². The van der Waals surface area contributed by atoms with Crippen LogP contribution in [0, 0.1) is 6.92 Å². The summed E-state index contributed by atoms with van der Waals surface area (Å²) in [6.07, 6.45) is 0. The van der Waals surface area contributed by atoms with Gasteiger partial charge in [0.2, 0.25) is 0 Å². The number of carbonyl (C=O) groups excluding carboxylic acids is 2. The van der Waals surface area contributed by atoms with Crippen molar-refractivity contribution in [1.82, 2.24) is 0 Å². The van der Waals surface area contributed by atoms with E-state index < -0.39 is 17.7 Å². The molecule has 0 aliphatic carbocycles. The lowest BCUT2D eigenvalue weighted by atomic mass is 9.94. The number of nitrogens with zero attached hydrogens (tertiary/aromatic N) is 1. The van der Waals surface area contributed by atoms with Gasteiger partial charge in [-0.3, -0.25) is 14.5 Å². The molecule has 1 heterocycles. The van der Waals surface area contributed by atoms with E-state index in [2.05, 4.69) is 0 Å². The van der Waals surface area contributed by atoms with Gasteiger partial charge in [0, 0.05) is 5.69 Å². The van der Waals surface area contributed by atoms with Gasteiger partial charge in [0.1, 0.15) is 17.3 Å². The summed E-state index contributed by atoms with van der Waals surface area (Å²) in [6, 6.07) is 19.3. The Bertz CT molecular complexity index is 1180. The van der Waals surface area contributed by atoms with Crippen molar-refractivity contribution in [3.05, 3.63) is 95.1 Å². The average molecular weight is 415 g/mol. The van der Waals surface area contributed by atoms with Crippen LogP contribution in [0.25, 0.3) is 5.76 Å². The van der Waals surface area contributed by atoms with Crippen molar-refractivity contribution in [3.8, 4) is 11.5 Å². The molecule has 156 valence electrons. The molecule has 1 fully saturated rings. The molecule has 3 aromatic carbocycles. The molecule has 1 aliphatic heterocycles. The van der Waals surface area contributed by atoms with Crippen LogP contribution < -0.4 is 9.64 Å². The molecule has 6 heteroatoms. The van der Waals surface area contributed by atoms with Crippen molar-refractivity contribution in [2.75, 3.05) is 12.0 Å². The molecule has 2 N–H and O–H groups in total. The number of phenols is 1. The van der Waals surface area contributed by atoms with Crippen LogP contribution in [0.15, 0.2) is 78.4 Å². The Hall–Kier alpha value is -4.06. The molecular formula is C25H21NO5. The fraction of sp³-hybridized carbons (Fsp3) is 0.120. The Kier molecular flexibility index (Phi) is 5.21. The highest BCUT2D eigenvalue weighted by Crippen LogP contribution is 2.43. The van der Waals surface area contributed by atoms with Gasteiger partial charge < -0.3 is 14.9 Å². The van der Waals surface area contributed by atoms with E-state index in [1.165, 1.54) is 24.1 Å². The Balaban J connectivity index is 1.96. The van der Waals surface area contributed by atoms with Crippen molar-refractivity contribution in [2.24, 2.45) is 0 Å². The molecule has 0 spiro atoms. The van der Waals surface area contributed by atoms with Gasteiger partial charge in [-0.05, 0) is 48.9 Å². The number of methoxy groups -OCH3 is 1. The first kappa shape index (κ1) is 20.2. The van der Waals surface area contributed by atoms with E-state index in [1.54, 1.807) is 48.5 Å². The van der Waals surface area contributed by atoms with E-state index in [1.807, 2.05) is 19.1 Å². The van der Waals surface area contributed by atoms with Crippen molar-refractivity contribution in [1.29, 1.82) is 0 Å². The summed E-state index contributed by atoms with van der Waals surface area (Å²) in [5.74, 6) is -1.41. The third-order valence-electron chi connectivity index (χ3n) is 5.33. The molecule has 0 saturated carbocycles. The van der Waals surface area contributed by atoms with Crippen molar-refractivity contribution in [3.63, 3.8) is 0 Å². The number of hydrogen-bond donors (Lipinski definition) is 2. The van der Waals surface area contributed by atoms with E-state index in [0.29, 0.717) is 22.6 Å². The topological polar surface area (TPSA) is 87.1 Å². The van der Waals surface area contributed by atoms with Gasteiger partial charge in [-0.1, -0.05) is 42.0 Å². The van der Waals surface area contributed by atoms with Crippen LogP contribution in [0.1, 0.15) is 22.7 Å². The number of amides is 1. The van der Waals surface area contributed by atoms with Crippen molar-refractivity contribution in [2.45, 2.75) is 13.0 Å². The van der Waals surface area contributed by atoms with Crippen LogP contribution in [-0.4, -0.2) is 29.0 Å². The van der Waals surface area contributed by atoms with E-state index >= 15 is 0 Å². The van der Waals surface area contributed by atoms with Crippen LogP contribution in [0.5, 0.6) is 11.5 Å². The first-order valence-electron chi connectivity index (χ1n) is 9.72. The summed E-state index contributed by atoms with van der Waals surface area (Å²) in [5, 5.41) is 20.9. The van der Waals surface area contributed by atoms with Crippen LogP contribution in [0.3, 0.4) is 0 Å². The highest BCUT2D eigenvalue weighted by molar-refractivity contribution is 6.51. The largest absolute Gasteiger partial charge is 0.508 e. The number of ether oxygens (including phenoxy) is 1. The molecule has 1 atom stereocenters. The highest BCUT2D eigenvalue weighted by atomic mass is 16.5. The molecule has 0 aromatic heterocycles. The number of aliphatic hydroxyl groups excluding tert-OH is 1. The number of aromatic hydroxyl groups is 1. The van der Waals surface area contributed by atoms with Gasteiger partial charge in [-0.2, -0.15) is 0 Å². The lowest BCUT2D eigenvalue weighted by Crippen LogP contribution is -2.29. The predicted octanol–water partition coefficient (Wildman–Crippen LogP) is 4.34. The monoisotopic (exact) mass is 415 g/mol. The van der Waals surface area contributed by atoms with Gasteiger partial charge >= 0.3 is 0 Å². The number of hydrogen-bond acceptors (Lipinski definition) is 5.